The van der Waals surface area contributed by atoms with E-state index in [0.29, 0.717) is 42.0 Å². The van der Waals surface area contributed by atoms with Crippen LogP contribution in [0.2, 0.25) is 0 Å². The predicted molar refractivity (Wildman–Crippen MR) is 98.0 cm³/mol. The number of nitrogens with one attached hydrogen (secondary N) is 1. The Morgan fingerprint density at radius 1 is 1.33 bits per heavy atom. The minimum atomic E-state index is -0.731. The van der Waals surface area contributed by atoms with Gasteiger partial charge in [-0.3, -0.25) is 14.6 Å². The second-order valence-corrected chi connectivity index (χ2v) is 6.71. The fraction of sp³-hybridized carbons (Fsp3) is 0.368. The molecule has 27 heavy (non-hydrogen) atoms. The fourth-order valence-corrected chi connectivity index (χ4v) is 3.31. The Bertz CT molecular complexity index is 939. The number of anilines is 1. The zero-order valence-electron chi connectivity index (χ0n) is 14.6. The number of ether oxygens (including phenoxy) is 1. The fourth-order valence-electron chi connectivity index (χ4n) is 3.31. The number of aliphatic carboxylic acids is 1. The smallest absolute Gasteiger partial charge is 0.306 e. The molecule has 0 amide bonds. The summed E-state index contributed by atoms with van der Waals surface area (Å²) in [6.45, 7) is 0.441. The van der Waals surface area contributed by atoms with Gasteiger partial charge in [-0.2, -0.15) is 5.26 Å². The van der Waals surface area contributed by atoms with E-state index in [0.717, 1.165) is 12.8 Å². The summed E-state index contributed by atoms with van der Waals surface area (Å²) in [6.07, 6.45) is 2.91. The molecule has 0 radical (unpaired) electrons. The van der Waals surface area contributed by atoms with Gasteiger partial charge in [-0.05, 0) is 49.8 Å². The van der Waals surface area contributed by atoms with E-state index in [2.05, 4.69) is 16.0 Å². The number of nitriles is 1. The first-order chi connectivity index (χ1) is 13.0. The number of carboxylic acids is 1. The van der Waals surface area contributed by atoms with E-state index in [9.17, 15) is 14.9 Å². The Labute approximate surface area is 155 Å². The number of nitrogen functional groups attached to an aromatic ring is 1. The van der Waals surface area contributed by atoms with Crippen LogP contribution in [0.25, 0.3) is 11.3 Å². The van der Waals surface area contributed by atoms with Crippen LogP contribution in [-0.2, 0) is 4.79 Å². The van der Waals surface area contributed by atoms with Gasteiger partial charge in [0.15, 0.2) is 0 Å². The minimum Gasteiger partial charge on any atom is -0.492 e. The molecule has 8 nitrogen and oxygen atoms in total. The van der Waals surface area contributed by atoms with Gasteiger partial charge in [0, 0.05) is 11.6 Å². The van der Waals surface area contributed by atoms with Gasteiger partial charge in [-0.25, -0.2) is 4.98 Å². The van der Waals surface area contributed by atoms with Crippen LogP contribution in [0.1, 0.15) is 31.2 Å². The Kier molecular flexibility index (Phi) is 5.41. The van der Waals surface area contributed by atoms with Crippen molar-refractivity contribution in [3.05, 3.63) is 40.2 Å². The number of H-pyrrole nitrogens is 1. The monoisotopic (exact) mass is 368 g/mol. The van der Waals surface area contributed by atoms with Gasteiger partial charge in [0.2, 0.25) is 5.95 Å². The van der Waals surface area contributed by atoms with Crippen molar-refractivity contribution in [1.29, 1.82) is 5.26 Å². The molecule has 4 N–H and O–H groups in total. The summed E-state index contributed by atoms with van der Waals surface area (Å²) in [5.74, 6) is -0.247. The number of rotatable bonds is 5. The third-order valence-corrected chi connectivity index (χ3v) is 4.83. The van der Waals surface area contributed by atoms with Crippen molar-refractivity contribution >= 4 is 11.9 Å². The highest BCUT2D eigenvalue weighted by molar-refractivity contribution is 5.70. The van der Waals surface area contributed by atoms with Crippen molar-refractivity contribution in [2.75, 3.05) is 12.3 Å². The molecule has 1 aromatic carbocycles. The molecule has 1 fully saturated rings. The van der Waals surface area contributed by atoms with Gasteiger partial charge in [0.1, 0.15) is 11.8 Å². The van der Waals surface area contributed by atoms with E-state index in [1.165, 1.54) is 6.07 Å². The van der Waals surface area contributed by atoms with E-state index in [1.54, 1.807) is 18.2 Å². The molecule has 8 heteroatoms. The number of aromatic nitrogens is 2. The summed E-state index contributed by atoms with van der Waals surface area (Å²) in [5.41, 5.74) is 6.51. The van der Waals surface area contributed by atoms with Crippen molar-refractivity contribution in [2.45, 2.75) is 25.7 Å². The number of hydrogen-bond donors (Lipinski definition) is 3. The molecule has 1 heterocycles. The van der Waals surface area contributed by atoms with Gasteiger partial charge >= 0.3 is 5.97 Å². The lowest BCUT2D eigenvalue weighted by Gasteiger charge is -2.26. The average molecular weight is 368 g/mol. The van der Waals surface area contributed by atoms with Crippen LogP contribution in [0.15, 0.2) is 29.1 Å². The second kappa shape index (κ2) is 7.91. The Morgan fingerprint density at radius 2 is 2.07 bits per heavy atom. The summed E-state index contributed by atoms with van der Waals surface area (Å²) in [6, 6.07) is 8.42. The highest BCUT2D eigenvalue weighted by Gasteiger charge is 2.26. The molecular formula is C19H20N4O4. The zero-order valence-corrected chi connectivity index (χ0v) is 14.6. The number of carboxylic acid groups (broad SMARTS) is 1. The lowest BCUT2D eigenvalue weighted by atomic mass is 9.82. The number of carbonyl (C=O) groups is 1. The Hall–Kier alpha value is -3.34. The van der Waals surface area contributed by atoms with Crippen molar-refractivity contribution in [3.63, 3.8) is 0 Å². The Morgan fingerprint density at radius 3 is 2.70 bits per heavy atom. The molecule has 0 aliphatic heterocycles. The van der Waals surface area contributed by atoms with E-state index in [4.69, 9.17) is 15.6 Å². The minimum absolute atomic E-state index is 0.00768. The maximum Gasteiger partial charge on any atom is 0.306 e. The molecule has 1 aliphatic carbocycles. The number of nitrogens with two attached hydrogens (primary N) is 1. The zero-order chi connectivity index (χ0) is 19.4. The third-order valence-electron chi connectivity index (χ3n) is 4.83. The molecule has 1 aliphatic rings. The van der Waals surface area contributed by atoms with Gasteiger partial charge in [-0.1, -0.05) is 0 Å². The molecule has 2 aromatic rings. The molecule has 0 atom stereocenters. The van der Waals surface area contributed by atoms with Gasteiger partial charge < -0.3 is 15.6 Å². The first kappa shape index (κ1) is 18.5. The van der Waals surface area contributed by atoms with Crippen LogP contribution in [0, 0.1) is 23.2 Å². The summed E-state index contributed by atoms with van der Waals surface area (Å²) < 4.78 is 5.82. The van der Waals surface area contributed by atoms with Crippen molar-refractivity contribution in [3.8, 4) is 23.1 Å². The van der Waals surface area contributed by atoms with Crippen LogP contribution in [0.4, 0.5) is 5.95 Å². The van der Waals surface area contributed by atoms with Gasteiger partial charge in [0.05, 0.1) is 23.8 Å². The van der Waals surface area contributed by atoms with Crippen LogP contribution < -0.4 is 16.0 Å². The number of benzene rings is 1. The van der Waals surface area contributed by atoms with E-state index >= 15 is 0 Å². The number of aromatic amines is 1. The van der Waals surface area contributed by atoms with E-state index in [1.807, 2.05) is 0 Å². The molecule has 0 unspecified atom stereocenters. The van der Waals surface area contributed by atoms with Crippen molar-refractivity contribution in [1.82, 2.24) is 9.97 Å². The van der Waals surface area contributed by atoms with Crippen molar-refractivity contribution in [2.24, 2.45) is 11.8 Å². The molecule has 1 aromatic heterocycles. The highest BCUT2D eigenvalue weighted by atomic mass is 16.5. The van der Waals surface area contributed by atoms with Crippen molar-refractivity contribution < 1.29 is 14.6 Å². The lowest BCUT2D eigenvalue weighted by molar-refractivity contribution is -0.143. The second-order valence-electron chi connectivity index (χ2n) is 6.71. The number of nitrogens with zero attached hydrogens (tertiary/aromatic N) is 2. The van der Waals surface area contributed by atoms with Gasteiger partial charge in [0.25, 0.3) is 5.56 Å². The summed E-state index contributed by atoms with van der Waals surface area (Å²) in [4.78, 5) is 29.0. The maximum absolute atomic E-state index is 11.5. The molecule has 0 saturated heterocycles. The number of hydrogen-bond acceptors (Lipinski definition) is 6. The third kappa shape index (κ3) is 4.44. The van der Waals surface area contributed by atoms with Crippen LogP contribution in [-0.4, -0.2) is 27.7 Å². The average Bonchev–Trinajstić information content (AvgIpc) is 2.65. The lowest BCUT2D eigenvalue weighted by Crippen LogP contribution is -2.24. The van der Waals surface area contributed by atoms with Crippen LogP contribution in [0.5, 0.6) is 5.75 Å². The molecule has 0 spiro atoms. The largest absolute Gasteiger partial charge is 0.492 e. The standard InChI is InChI=1S/C19H20N4O4/c20-9-14-7-13(15-8-17(24)23-19(21)22-15)5-6-16(14)27-10-11-1-3-12(4-2-11)18(25)26/h5-8,11-12H,1-4,10H2,(H,25,26)(H3,21,22,23,24). The first-order valence-electron chi connectivity index (χ1n) is 8.73. The van der Waals surface area contributed by atoms with E-state index < -0.39 is 5.97 Å². The normalized spacial score (nSPS) is 19.2. The molecule has 140 valence electrons. The summed E-state index contributed by atoms with van der Waals surface area (Å²) >= 11 is 0. The van der Waals surface area contributed by atoms with Crippen LogP contribution >= 0.6 is 0 Å². The quantitative estimate of drug-likeness (QED) is 0.734. The molecule has 1 saturated carbocycles. The molecule has 3 rings (SSSR count). The topological polar surface area (TPSA) is 142 Å². The molecular weight excluding hydrogens is 348 g/mol. The van der Waals surface area contributed by atoms with E-state index in [-0.39, 0.29) is 23.3 Å². The summed E-state index contributed by atoms with van der Waals surface area (Å²) in [5, 5.41) is 18.5. The maximum atomic E-state index is 11.5. The summed E-state index contributed by atoms with van der Waals surface area (Å²) in [7, 11) is 0. The van der Waals surface area contributed by atoms with Gasteiger partial charge in [-0.15, -0.1) is 0 Å². The predicted octanol–water partition coefficient (Wildman–Crippen LogP) is 2.16. The van der Waals surface area contributed by atoms with Crippen LogP contribution in [0.3, 0.4) is 0 Å². The molecule has 0 bridgehead atoms. The SMILES string of the molecule is N#Cc1cc(-c2cc(=O)[nH]c(N)n2)ccc1OCC1CCC(C(=O)O)CC1. The highest BCUT2D eigenvalue weighted by Crippen LogP contribution is 2.31. The first-order valence-corrected chi connectivity index (χ1v) is 8.73. The Balaban J connectivity index is 1.69.